The van der Waals surface area contributed by atoms with Crippen molar-refractivity contribution in [2.45, 2.75) is 12.8 Å². The fourth-order valence-electron chi connectivity index (χ4n) is 1.14. The van der Waals surface area contributed by atoms with Gasteiger partial charge in [0.15, 0.2) is 5.78 Å². The zero-order chi connectivity index (χ0) is 11.3. The average Bonchev–Trinajstić information content (AvgIpc) is 2.18. The van der Waals surface area contributed by atoms with Gasteiger partial charge < -0.3 is 5.11 Å². The second-order valence-corrected chi connectivity index (χ2v) is 3.05. The normalized spacial score (nSPS) is 9.27. The molecule has 1 rings (SSSR count). The van der Waals surface area contributed by atoms with Gasteiger partial charge in [-0.25, -0.2) is 4.79 Å². The van der Waals surface area contributed by atoms with Crippen LogP contribution in [-0.2, 0) is 11.2 Å². The summed E-state index contributed by atoms with van der Waals surface area (Å²) in [7, 11) is 0. The van der Waals surface area contributed by atoms with E-state index in [2.05, 4.69) is 0 Å². The molecule has 0 atom stereocenters. The summed E-state index contributed by atoms with van der Waals surface area (Å²) in [6, 6.07) is 7.82. The van der Waals surface area contributed by atoms with E-state index in [9.17, 15) is 9.59 Å². The van der Waals surface area contributed by atoms with Crippen molar-refractivity contribution in [3.8, 4) is 6.07 Å². The molecule has 0 heterocycles. The van der Waals surface area contributed by atoms with E-state index in [0.717, 1.165) is 5.56 Å². The number of carbonyl (C=O) groups is 2. The van der Waals surface area contributed by atoms with Gasteiger partial charge in [-0.1, -0.05) is 12.1 Å². The maximum atomic E-state index is 11.1. The van der Waals surface area contributed by atoms with Crippen molar-refractivity contribution in [2.75, 3.05) is 0 Å². The molecule has 15 heavy (non-hydrogen) atoms. The van der Waals surface area contributed by atoms with Crippen LogP contribution in [0.2, 0.25) is 0 Å². The highest BCUT2D eigenvalue weighted by Gasteiger charge is 2.05. The minimum atomic E-state index is -0.995. The Morgan fingerprint density at radius 1 is 1.27 bits per heavy atom. The van der Waals surface area contributed by atoms with Crippen molar-refractivity contribution in [3.63, 3.8) is 0 Å². The Bertz CT molecular complexity index is 414. The number of benzene rings is 1. The zero-order valence-corrected chi connectivity index (χ0v) is 7.93. The molecule has 4 nitrogen and oxygen atoms in total. The molecule has 76 valence electrons. The van der Waals surface area contributed by atoms with Gasteiger partial charge in [0.2, 0.25) is 0 Å². The van der Waals surface area contributed by atoms with Gasteiger partial charge in [0, 0.05) is 6.42 Å². The van der Waals surface area contributed by atoms with Crippen LogP contribution in [-0.4, -0.2) is 16.9 Å². The molecular weight excluding hydrogens is 194 g/mol. The fraction of sp³-hybridized carbons (Fsp3) is 0.182. The first kappa shape index (κ1) is 10.9. The number of rotatable bonds is 4. The van der Waals surface area contributed by atoms with Crippen LogP contribution in [0.25, 0.3) is 0 Å². The van der Waals surface area contributed by atoms with Crippen LogP contribution in [0.4, 0.5) is 0 Å². The van der Waals surface area contributed by atoms with E-state index < -0.39 is 5.97 Å². The highest BCUT2D eigenvalue weighted by Crippen LogP contribution is 2.06. The van der Waals surface area contributed by atoms with E-state index in [0.29, 0.717) is 0 Å². The summed E-state index contributed by atoms with van der Waals surface area (Å²) in [5, 5.41) is 16.9. The third-order valence-electron chi connectivity index (χ3n) is 1.88. The van der Waals surface area contributed by atoms with E-state index >= 15 is 0 Å². The summed E-state index contributed by atoms with van der Waals surface area (Å²) < 4.78 is 0. The van der Waals surface area contributed by atoms with E-state index in [1.165, 1.54) is 12.1 Å². The summed E-state index contributed by atoms with van der Waals surface area (Å²) in [4.78, 5) is 21.6. The molecule has 1 aromatic rings. The molecule has 1 aromatic carbocycles. The molecule has 0 aromatic heterocycles. The van der Waals surface area contributed by atoms with Crippen LogP contribution >= 0.6 is 0 Å². The van der Waals surface area contributed by atoms with Crippen molar-refractivity contribution >= 4 is 11.8 Å². The minimum absolute atomic E-state index is 0.110. The van der Waals surface area contributed by atoms with Gasteiger partial charge in [-0.2, -0.15) is 5.26 Å². The van der Waals surface area contributed by atoms with Gasteiger partial charge in [-0.15, -0.1) is 0 Å². The van der Waals surface area contributed by atoms with Gasteiger partial charge in [0.05, 0.1) is 18.1 Å². The van der Waals surface area contributed by atoms with Crippen molar-refractivity contribution in [3.05, 3.63) is 35.4 Å². The third kappa shape index (κ3) is 3.24. The molecule has 0 bridgehead atoms. The van der Waals surface area contributed by atoms with Gasteiger partial charge in [-0.05, 0) is 17.7 Å². The molecule has 0 spiro atoms. The van der Waals surface area contributed by atoms with Gasteiger partial charge in [0.25, 0.3) is 0 Å². The standard InChI is InChI=1S/C11H9NO3/c12-6-5-10(13)7-8-1-3-9(4-2-8)11(14)15/h1-4H,5,7H2,(H,14,15). The Hall–Kier alpha value is -2.15. The first-order valence-corrected chi connectivity index (χ1v) is 4.34. The SMILES string of the molecule is N#CCC(=O)Cc1ccc(C(=O)O)cc1. The molecule has 0 unspecified atom stereocenters. The Kier molecular flexibility index (Phi) is 3.58. The summed E-state index contributed by atoms with van der Waals surface area (Å²) in [5.74, 6) is -1.16. The number of aromatic carboxylic acids is 1. The van der Waals surface area contributed by atoms with E-state index in [1.54, 1.807) is 18.2 Å². The van der Waals surface area contributed by atoms with Gasteiger partial charge in [0.1, 0.15) is 0 Å². The largest absolute Gasteiger partial charge is 0.478 e. The van der Waals surface area contributed by atoms with Crippen molar-refractivity contribution in [1.29, 1.82) is 5.26 Å². The van der Waals surface area contributed by atoms with Crippen molar-refractivity contribution < 1.29 is 14.7 Å². The predicted molar refractivity (Wildman–Crippen MR) is 52.3 cm³/mol. The molecule has 0 radical (unpaired) electrons. The second kappa shape index (κ2) is 4.91. The quantitative estimate of drug-likeness (QED) is 0.802. The maximum absolute atomic E-state index is 11.1. The molecule has 0 saturated heterocycles. The van der Waals surface area contributed by atoms with E-state index in [-0.39, 0.29) is 24.2 Å². The van der Waals surface area contributed by atoms with Crippen LogP contribution < -0.4 is 0 Å². The number of carboxylic acid groups (broad SMARTS) is 1. The summed E-state index contributed by atoms with van der Waals surface area (Å²) in [6.07, 6.45) is 0.0636. The lowest BCUT2D eigenvalue weighted by molar-refractivity contribution is -0.117. The fourth-order valence-corrected chi connectivity index (χ4v) is 1.14. The molecular formula is C11H9NO3. The third-order valence-corrected chi connectivity index (χ3v) is 1.88. The molecule has 0 fully saturated rings. The second-order valence-electron chi connectivity index (χ2n) is 3.05. The highest BCUT2D eigenvalue weighted by molar-refractivity contribution is 5.88. The summed E-state index contributed by atoms with van der Waals surface area (Å²) >= 11 is 0. The first-order chi connectivity index (χ1) is 7.13. The number of carbonyl (C=O) groups excluding carboxylic acids is 1. The van der Waals surface area contributed by atoms with Gasteiger partial charge >= 0.3 is 5.97 Å². The van der Waals surface area contributed by atoms with Crippen molar-refractivity contribution in [2.24, 2.45) is 0 Å². The Morgan fingerprint density at radius 2 is 1.87 bits per heavy atom. The number of carboxylic acids is 1. The number of Topliss-reactive ketones (excluding diaryl/α,β-unsaturated/α-hetero) is 1. The number of hydrogen-bond donors (Lipinski definition) is 1. The summed E-state index contributed by atoms with van der Waals surface area (Å²) in [5.41, 5.74) is 0.909. The van der Waals surface area contributed by atoms with Crippen LogP contribution in [0, 0.1) is 11.3 Å². The lowest BCUT2D eigenvalue weighted by atomic mass is 10.1. The van der Waals surface area contributed by atoms with Gasteiger partial charge in [-0.3, -0.25) is 4.79 Å². The Labute approximate surface area is 86.8 Å². The number of nitriles is 1. The Morgan fingerprint density at radius 3 is 2.33 bits per heavy atom. The first-order valence-electron chi connectivity index (χ1n) is 4.34. The van der Waals surface area contributed by atoms with Crippen molar-refractivity contribution in [1.82, 2.24) is 0 Å². The highest BCUT2D eigenvalue weighted by atomic mass is 16.4. The predicted octanol–water partition coefficient (Wildman–Crippen LogP) is 1.41. The molecule has 0 aliphatic rings. The van der Waals surface area contributed by atoms with Crippen LogP contribution in [0.5, 0.6) is 0 Å². The van der Waals surface area contributed by atoms with Crippen LogP contribution in [0.3, 0.4) is 0 Å². The molecule has 0 aliphatic heterocycles. The molecule has 0 amide bonds. The minimum Gasteiger partial charge on any atom is -0.478 e. The lowest BCUT2D eigenvalue weighted by Crippen LogP contribution is -2.02. The van der Waals surface area contributed by atoms with Crippen LogP contribution in [0.15, 0.2) is 24.3 Å². The Balaban J connectivity index is 2.69. The maximum Gasteiger partial charge on any atom is 0.335 e. The van der Waals surface area contributed by atoms with Crippen LogP contribution in [0.1, 0.15) is 22.3 Å². The lowest BCUT2D eigenvalue weighted by Gasteiger charge is -1.99. The molecule has 4 heteroatoms. The average molecular weight is 203 g/mol. The number of nitrogens with zero attached hydrogens (tertiary/aromatic N) is 1. The number of hydrogen-bond acceptors (Lipinski definition) is 3. The molecule has 0 aliphatic carbocycles. The summed E-state index contributed by atoms with van der Waals surface area (Å²) in [6.45, 7) is 0. The number of ketones is 1. The topological polar surface area (TPSA) is 78.2 Å². The zero-order valence-electron chi connectivity index (χ0n) is 7.93. The molecule has 0 saturated carbocycles. The monoisotopic (exact) mass is 203 g/mol. The molecule has 1 N–H and O–H groups in total. The smallest absolute Gasteiger partial charge is 0.335 e. The van der Waals surface area contributed by atoms with E-state index in [1.807, 2.05) is 0 Å². The van der Waals surface area contributed by atoms with E-state index in [4.69, 9.17) is 10.4 Å².